The Hall–Kier alpha value is -2.97. The van der Waals surface area contributed by atoms with Crippen LogP contribution in [0.25, 0.3) is 0 Å². The molecule has 4 rings (SSSR count). The van der Waals surface area contributed by atoms with Gasteiger partial charge in [0, 0.05) is 30.8 Å². The van der Waals surface area contributed by atoms with Gasteiger partial charge in [-0.25, -0.2) is 9.47 Å². The molecule has 32 heavy (non-hydrogen) atoms. The van der Waals surface area contributed by atoms with Gasteiger partial charge in [-0.3, -0.25) is 0 Å². The average Bonchev–Trinajstić information content (AvgIpc) is 3.09. The number of methoxy groups -OCH3 is 1. The van der Waals surface area contributed by atoms with E-state index in [1.54, 1.807) is 19.2 Å². The van der Waals surface area contributed by atoms with Crippen LogP contribution in [-0.4, -0.2) is 40.1 Å². The van der Waals surface area contributed by atoms with Gasteiger partial charge in [-0.15, -0.1) is 9.97 Å². The second-order valence-corrected chi connectivity index (χ2v) is 8.61. The maximum Gasteiger partial charge on any atom is 0.342 e. The van der Waals surface area contributed by atoms with Gasteiger partial charge in [-0.1, -0.05) is 30.5 Å². The van der Waals surface area contributed by atoms with Crippen LogP contribution in [0.15, 0.2) is 42.6 Å². The van der Waals surface area contributed by atoms with E-state index in [1.165, 1.54) is 25.7 Å². The smallest absolute Gasteiger partial charge is 0.342 e. The lowest BCUT2D eigenvalue weighted by atomic mass is 10.0. The minimum Gasteiger partial charge on any atom is -0.495 e. The monoisotopic (exact) mass is 454 g/mol. The number of aromatic nitrogens is 4. The van der Waals surface area contributed by atoms with E-state index in [0.717, 1.165) is 24.3 Å². The lowest BCUT2D eigenvalue weighted by Crippen LogP contribution is -2.50. The third kappa shape index (κ3) is 4.61. The highest BCUT2D eigenvalue weighted by molar-refractivity contribution is 6.32. The predicted octanol–water partition coefficient (Wildman–Crippen LogP) is 5.25. The molecule has 0 radical (unpaired) electrons. The van der Waals surface area contributed by atoms with E-state index in [1.807, 2.05) is 30.5 Å². The van der Waals surface area contributed by atoms with Gasteiger partial charge in [0.1, 0.15) is 11.8 Å². The fourth-order valence-corrected chi connectivity index (χ4v) is 4.63. The highest BCUT2D eigenvalue weighted by Crippen LogP contribution is 2.38. The molecule has 1 atom stereocenters. The van der Waals surface area contributed by atoms with Crippen LogP contribution in [-0.2, 0) is 0 Å². The largest absolute Gasteiger partial charge is 0.495 e. The Morgan fingerprint density at radius 3 is 2.50 bits per heavy atom. The first-order chi connectivity index (χ1) is 15.5. The van der Waals surface area contributed by atoms with Crippen molar-refractivity contribution in [3.05, 3.63) is 47.6 Å². The minimum atomic E-state index is 0.158. The standard InChI is InChI=1S/C23H29ClN7O/c1-31(20-11-7-8-14-26-20,17-9-5-3-4-6-10-17)23-29-21(25)28-22(30-23)27-16-12-13-19(32-2)18(24)15-16/h7-8,11-15,17H,3-6,9-10H2,1-2H3,(H3,25,27,28,29,30)/q+1. The van der Waals surface area contributed by atoms with Crippen LogP contribution in [0.1, 0.15) is 38.5 Å². The first-order valence-electron chi connectivity index (χ1n) is 10.9. The number of anilines is 3. The zero-order valence-electron chi connectivity index (χ0n) is 18.5. The van der Waals surface area contributed by atoms with E-state index in [9.17, 15) is 0 Å². The van der Waals surface area contributed by atoms with E-state index in [-0.39, 0.29) is 5.95 Å². The van der Waals surface area contributed by atoms with Crippen molar-refractivity contribution in [1.29, 1.82) is 0 Å². The van der Waals surface area contributed by atoms with Gasteiger partial charge in [0.2, 0.25) is 17.7 Å². The normalized spacial score (nSPS) is 16.7. The molecule has 0 saturated heterocycles. The van der Waals surface area contributed by atoms with Crippen LogP contribution in [0, 0.1) is 0 Å². The maximum absolute atomic E-state index is 6.27. The van der Waals surface area contributed by atoms with Crippen LogP contribution < -0.4 is 20.3 Å². The summed E-state index contributed by atoms with van der Waals surface area (Å²) < 4.78 is 5.61. The van der Waals surface area contributed by atoms with Gasteiger partial charge >= 0.3 is 5.95 Å². The molecule has 0 spiro atoms. The first-order valence-corrected chi connectivity index (χ1v) is 11.3. The van der Waals surface area contributed by atoms with Gasteiger partial charge in [0.05, 0.1) is 19.2 Å². The number of halogens is 1. The van der Waals surface area contributed by atoms with Crippen LogP contribution in [0.2, 0.25) is 5.02 Å². The molecule has 168 valence electrons. The number of nitrogens with two attached hydrogens (primary N) is 1. The molecule has 2 aromatic heterocycles. The lowest BCUT2D eigenvalue weighted by Gasteiger charge is -2.37. The second kappa shape index (κ2) is 9.67. The maximum atomic E-state index is 6.27. The van der Waals surface area contributed by atoms with Crippen molar-refractivity contribution in [2.75, 3.05) is 25.2 Å². The summed E-state index contributed by atoms with van der Waals surface area (Å²) in [6, 6.07) is 11.6. The highest BCUT2D eigenvalue weighted by atomic mass is 35.5. The minimum absolute atomic E-state index is 0.158. The van der Waals surface area contributed by atoms with Crippen molar-refractivity contribution in [2.24, 2.45) is 0 Å². The van der Waals surface area contributed by atoms with Crippen LogP contribution in [0.5, 0.6) is 5.75 Å². The third-order valence-corrected chi connectivity index (χ3v) is 6.44. The number of hydrogen-bond donors (Lipinski definition) is 2. The molecule has 3 aromatic rings. The number of ether oxygens (including phenoxy) is 1. The van der Waals surface area contributed by atoms with E-state index in [0.29, 0.717) is 33.2 Å². The molecule has 1 saturated carbocycles. The molecule has 1 aliphatic rings. The molecule has 2 heterocycles. The van der Waals surface area contributed by atoms with Crippen molar-refractivity contribution >= 4 is 41.0 Å². The fraction of sp³-hybridized carbons (Fsp3) is 0.391. The predicted molar refractivity (Wildman–Crippen MR) is 129 cm³/mol. The summed E-state index contributed by atoms with van der Waals surface area (Å²) >= 11 is 6.27. The Labute approximate surface area is 193 Å². The summed E-state index contributed by atoms with van der Waals surface area (Å²) in [4.78, 5) is 18.4. The number of nitrogens with one attached hydrogen (secondary N) is 1. The van der Waals surface area contributed by atoms with Gasteiger partial charge in [0.15, 0.2) is 0 Å². The Kier molecular flexibility index (Phi) is 6.72. The number of benzene rings is 1. The summed E-state index contributed by atoms with van der Waals surface area (Å²) in [7, 11) is 3.71. The fourth-order valence-electron chi connectivity index (χ4n) is 4.37. The van der Waals surface area contributed by atoms with Crippen LogP contribution in [0.4, 0.5) is 29.4 Å². The third-order valence-electron chi connectivity index (χ3n) is 6.14. The molecule has 8 nitrogen and oxygen atoms in total. The van der Waals surface area contributed by atoms with E-state index < -0.39 is 0 Å². The van der Waals surface area contributed by atoms with E-state index >= 15 is 0 Å². The van der Waals surface area contributed by atoms with Crippen molar-refractivity contribution in [2.45, 2.75) is 44.6 Å². The molecule has 1 unspecified atom stereocenters. The molecule has 9 heteroatoms. The first kappa shape index (κ1) is 22.2. The highest BCUT2D eigenvalue weighted by Gasteiger charge is 2.42. The van der Waals surface area contributed by atoms with Crippen molar-refractivity contribution < 1.29 is 4.74 Å². The van der Waals surface area contributed by atoms with Gasteiger partial charge in [0.25, 0.3) is 0 Å². The Morgan fingerprint density at radius 1 is 1.06 bits per heavy atom. The molecule has 1 aliphatic carbocycles. The van der Waals surface area contributed by atoms with E-state index in [2.05, 4.69) is 27.3 Å². The van der Waals surface area contributed by atoms with Gasteiger partial charge in [-0.05, 0) is 37.1 Å². The molecule has 0 aliphatic heterocycles. The number of hydrogen-bond acceptors (Lipinski definition) is 7. The SMILES string of the molecule is COc1ccc(Nc2nc(N)nc([N+](C)(c3ccccn3)C3CCCCCC3)n2)cc1Cl. The molecule has 0 bridgehead atoms. The summed E-state index contributed by atoms with van der Waals surface area (Å²) in [5.74, 6) is 2.59. The second-order valence-electron chi connectivity index (χ2n) is 8.20. The summed E-state index contributed by atoms with van der Waals surface area (Å²) in [6.45, 7) is 0. The quantitative estimate of drug-likeness (QED) is 0.387. The molecule has 0 amide bonds. The number of nitrogens with zero attached hydrogens (tertiary/aromatic N) is 5. The summed E-state index contributed by atoms with van der Waals surface area (Å²) in [5, 5.41) is 3.70. The number of rotatable bonds is 6. The molecule has 1 fully saturated rings. The van der Waals surface area contributed by atoms with Crippen molar-refractivity contribution in [3.8, 4) is 5.75 Å². The number of nitrogen functional groups attached to an aromatic ring is 1. The Bertz CT molecular complexity index is 1060. The van der Waals surface area contributed by atoms with Crippen molar-refractivity contribution in [1.82, 2.24) is 24.4 Å². The number of pyridine rings is 1. The topological polar surface area (TPSA) is 98.8 Å². The molecular weight excluding hydrogens is 426 g/mol. The Morgan fingerprint density at radius 2 is 1.84 bits per heavy atom. The lowest BCUT2D eigenvalue weighted by molar-refractivity contribution is 0.286. The van der Waals surface area contributed by atoms with Crippen molar-refractivity contribution in [3.63, 3.8) is 0 Å². The Balaban J connectivity index is 1.75. The van der Waals surface area contributed by atoms with Crippen LogP contribution in [0.3, 0.4) is 0 Å². The summed E-state index contributed by atoms with van der Waals surface area (Å²) in [5.41, 5.74) is 6.88. The van der Waals surface area contributed by atoms with Gasteiger partial charge in [-0.2, -0.15) is 4.98 Å². The zero-order chi connectivity index (χ0) is 22.6. The van der Waals surface area contributed by atoms with E-state index in [4.69, 9.17) is 27.1 Å². The van der Waals surface area contributed by atoms with Gasteiger partial charge < -0.3 is 15.8 Å². The van der Waals surface area contributed by atoms with Crippen LogP contribution >= 0.6 is 11.6 Å². The molecule has 1 aromatic carbocycles. The zero-order valence-corrected chi connectivity index (χ0v) is 19.2. The molecule has 3 N–H and O–H groups in total. The molecular formula is C23H29ClN7O+. The summed E-state index contributed by atoms with van der Waals surface area (Å²) in [6.07, 6.45) is 8.84. The number of quaternary nitrogens is 1. The average molecular weight is 455 g/mol.